The molecular formula is C27H34O6. The van der Waals surface area contributed by atoms with Crippen molar-refractivity contribution in [1.82, 2.24) is 0 Å². The number of epoxide rings is 2. The fourth-order valence-corrected chi connectivity index (χ4v) is 3.62. The molecule has 3 heterocycles. The molecule has 0 amide bonds. The molecule has 2 aromatic rings. The topological polar surface area (TPSA) is 69.8 Å². The highest BCUT2D eigenvalue weighted by Crippen LogP contribution is 2.33. The third kappa shape index (κ3) is 7.47. The van der Waals surface area contributed by atoms with Crippen molar-refractivity contribution >= 4 is 5.97 Å². The van der Waals surface area contributed by atoms with E-state index in [2.05, 4.69) is 38.1 Å². The maximum absolute atomic E-state index is 10.5. The minimum absolute atomic E-state index is 0.0255. The van der Waals surface area contributed by atoms with Gasteiger partial charge in [0.15, 0.2) is 0 Å². The minimum Gasteiger partial charge on any atom is -0.491 e. The Morgan fingerprint density at radius 1 is 0.788 bits per heavy atom. The van der Waals surface area contributed by atoms with E-state index in [1.54, 1.807) is 0 Å². The lowest BCUT2D eigenvalue weighted by atomic mass is 9.78. The van der Waals surface area contributed by atoms with Gasteiger partial charge in [-0.3, -0.25) is 4.79 Å². The van der Waals surface area contributed by atoms with Crippen LogP contribution in [-0.4, -0.2) is 51.2 Å². The lowest BCUT2D eigenvalue weighted by Crippen LogP contribution is -2.18. The van der Waals surface area contributed by atoms with Gasteiger partial charge in [0, 0.05) is 11.8 Å². The third-order valence-electron chi connectivity index (χ3n) is 6.12. The molecule has 0 bridgehead atoms. The molecule has 0 saturated carbocycles. The summed E-state index contributed by atoms with van der Waals surface area (Å²) in [6, 6.07) is 16.7. The Kier molecular flexibility index (Phi) is 7.89. The van der Waals surface area contributed by atoms with Gasteiger partial charge in [-0.25, -0.2) is 0 Å². The Hall–Kier alpha value is -2.57. The van der Waals surface area contributed by atoms with Crippen molar-refractivity contribution in [2.24, 2.45) is 0 Å². The first-order valence-electron chi connectivity index (χ1n) is 11.9. The van der Waals surface area contributed by atoms with Crippen molar-refractivity contribution in [1.29, 1.82) is 0 Å². The second-order valence-corrected chi connectivity index (χ2v) is 9.24. The fourth-order valence-electron chi connectivity index (χ4n) is 3.62. The van der Waals surface area contributed by atoms with Crippen LogP contribution in [0.25, 0.3) is 0 Å². The van der Waals surface area contributed by atoms with E-state index < -0.39 is 0 Å². The highest BCUT2D eigenvalue weighted by Gasteiger charge is 2.25. The Morgan fingerprint density at radius 3 is 1.73 bits per heavy atom. The van der Waals surface area contributed by atoms with Crippen LogP contribution in [0, 0.1) is 0 Å². The Balaban J connectivity index is 0.000000275. The first-order valence-corrected chi connectivity index (χ1v) is 11.9. The zero-order valence-electron chi connectivity index (χ0n) is 19.6. The van der Waals surface area contributed by atoms with Gasteiger partial charge in [-0.2, -0.15) is 0 Å². The van der Waals surface area contributed by atoms with E-state index >= 15 is 0 Å². The van der Waals surface area contributed by atoms with Gasteiger partial charge in [0.2, 0.25) is 0 Å². The molecular weight excluding hydrogens is 420 g/mol. The number of carbonyl (C=O) groups excluding carboxylic acids is 1. The largest absolute Gasteiger partial charge is 0.491 e. The van der Waals surface area contributed by atoms with Crippen LogP contribution in [0.5, 0.6) is 11.5 Å². The van der Waals surface area contributed by atoms with Gasteiger partial charge >= 0.3 is 5.97 Å². The van der Waals surface area contributed by atoms with E-state index in [0.717, 1.165) is 44.0 Å². The quantitative estimate of drug-likeness (QED) is 0.426. The fraction of sp³-hybridized carbons (Fsp3) is 0.519. The second-order valence-electron chi connectivity index (χ2n) is 9.24. The molecule has 3 aliphatic rings. The molecule has 0 spiro atoms. The summed E-state index contributed by atoms with van der Waals surface area (Å²) in [6.07, 6.45) is 4.39. The molecule has 2 aromatic carbocycles. The third-order valence-corrected chi connectivity index (χ3v) is 6.12. The van der Waals surface area contributed by atoms with Crippen LogP contribution >= 0.6 is 0 Å². The molecule has 0 aromatic heterocycles. The lowest BCUT2D eigenvalue weighted by Gasteiger charge is -2.26. The maximum Gasteiger partial charge on any atom is 0.305 e. The molecule has 3 fully saturated rings. The summed E-state index contributed by atoms with van der Waals surface area (Å²) in [5, 5.41) is 0. The number of rotatable bonds is 8. The maximum atomic E-state index is 10.5. The molecule has 3 aliphatic heterocycles. The van der Waals surface area contributed by atoms with E-state index in [4.69, 9.17) is 23.7 Å². The average molecular weight is 455 g/mol. The van der Waals surface area contributed by atoms with Crippen molar-refractivity contribution in [2.75, 3.05) is 33.0 Å². The van der Waals surface area contributed by atoms with Crippen LogP contribution in [-0.2, 0) is 24.4 Å². The Bertz CT molecular complexity index is 810. The molecule has 33 heavy (non-hydrogen) atoms. The number of cyclic esters (lactones) is 1. The summed E-state index contributed by atoms with van der Waals surface area (Å²) in [4.78, 5) is 10.5. The summed E-state index contributed by atoms with van der Waals surface area (Å²) in [5.74, 6) is 1.75. The number of hydrogen-bond donors (Lipinski definition) is 0. The van der Waals surface area contributed by atoms with E-state index in [1.165, 1.54) is 11.1 Å². The van der Waals surface area contributed by atoms with Crippen LogP contribution in [0.1, 0.15) is 50.7 Å². The average Bonchev–Trinajstić information content (AvgIpc) is 3.72. The Morgan fingerprint density at radius 2 is 1.27 bits per heavy atom. The summed E-state index contributed by atoms with van der Waals surface area (Å²) >= 11 is 0. The van der Waals surface area contributed by atoms with Crippen molar-refractivity contribution in [3.63, 3.8) is 0 Å². The first-order chi connectivity index (χ1) is 16.0. The molecule has 2 unspecified atom stereocenters. The van der Waals surface area contributed by atoms with E-state index in [0.29, 0.717) is 26.2 Å². The van der Waals surface area contributed by atoms with Crippen molar-refractivity contribution in [3.8, 4) is 11.5 Å². The van der Waals surface area contributed by atoms with Crippen LogP contribution < -0.4 is 9.47 Å². The molecule has 6 heteroatoms. The van der Waals surface area contributed by atoms with Gasteiger partial charge in [0.05, 0.1) is 19.8 Å². The second kappa shape index (κ2) is 11.0. The van der Waals surface area contributed by atoms with Crippen LogP contribution in [0.4, 0.5) is 0 Å². The summed E-state index contributed by atoms with van der Waals surface area (Å²) in [7, 11) is 0. The zero-order chi connectivity index (χ0) is 23.1. The molecule has 6 nitrogen and oxygen atoms in total. The smallest absolute Gasteiger partial charge is 0.305 e. The number of benzene rings is 2. The van der Waals surface area contributed by atoms with Gasteiger partial charge in [-0.1, -0.05) is 38.1 Å². The number of esters is 1. The monoisotopic (exact) mass is 454 g/mol. The van der Waals surface area contributed by atoms with Gasteiger partial charge in [0.25, 0.3) is 0 Å². The zero-order valence-corrected chi connectivity index (χ0v) is 19.6. The SMILES string of the molecule is CC(C)(c1ccc(OCC2CO2)cc1)c1ccc(OCC2CO2)cc1.O=C1CCCCCO1. The molecule has 0 radical (unpaired) electrons. The summed E-state index contributed by atoms with van der Waals surface area (Å²) in [6.45, 7) is 8.01. The van der Waals surface area contributed by atoms with Crippen LogP contribution in [0.2, 0.25) is 0 Å². The van der Waals surface area contributed by atoms with E-state index in [-0.39, 0.29) is 23.6 Å². The molecule has 0 aliphatic carbocycles. The van der Waals surface area contributed by atoms with Gasteiger partial charge in [-0.05, 0) is 54.7 Å². The number of carbonyl (C=O) groups is 1. The Labute approximate surface area is 196 Å². The van der Waals surface area contributed by atoms with E-state index in [9.17, 15) is 4.79 Å². The number of hydrogen-bond acceptors (Lipinski definition) is 6. The first kappa shape index (κ1) is 23.6. The van der Waals surface area contributed by atoms with Gasteiger partial charge in [-0.15, -0.1) is 0 Å². The van der Waals surface area contributed by atoms with Crippen LogP contribution in [0.3, 0.4) is 0 Å². The number of ether oxygens (including phenoxy) is 5. The van der Waals surface area contributed by atoms with Crippen molar-refractivity contribution in [3.05, 3.63) is 59.7 Å². The van der Waals surface area contributed by atoms with E-state index in [1.807, 2.05) is 24.3 Å². The van der Waals surface area contributed by atoms with Crippen molar-refractivity contribution in [2.45, 2.75) is 57.2 Å². The van der Waals surface area contributed by atoms with Gasteiger partial charge in [0.1, 0.15) is 36.9 Å². The van der Waals surface area contributed by atoms with Crippen LogP contribution in [0.15, 0.2) is 48.5 Å². The molecule has 178 valence electrons. The molecule has 2 atom stereocenters. The normalized spacial score (nSPS) is 21.7. The molecule has 5 rings (SSSR count). The highest BCUT2D eigenvalue weighted by atomic mass is 16.6. The van der Waals surface area contributed by atoms with Gasteiger partial charge < -0.3 is 23.7 Å². The van der Waals surface area contributed by atoms with Crippen molar-refractivity contribution < 1.29 is 28.5 Å². The molecule has 3 saturated heterocycles. The molecule has 0 N–H and O–H groups in total. The lowest BCUT2D eigenvalue weighted by molar-refractivity contribution is -0.142. The predicted octanol–water partition coefficient (Wildman–Crippen LogP) is 4.67. The summed E-state index contributed by atoms with van der Waals surface area (Å²) in [5.41, 5.74) is 2.42. The summed E-state index contributed by atoms with van der Waals surface area (Å²) < 4.78 is 26.5. The minimum atomic E-state index is -0.0870. The highest BCUT2D eigenvalue weighted by molar-refractivity contribution is 5.69. The predicted molar refractivity (Wildman–Crippen MR) is 125 cm³/mol. The standard InChI is InChI=1S/C21H24O4.C6H10O2/c1-21(2,15-3-7-17(8-4-15)22-11-19-13-24-19)16-5-9-18(10-6-16)23-12-20-14-25-20;7-6-4-2-1-3-5-8-6/h3-10,19-20H,11-14H2,1-2H3;1-5H2.